The Morgan fingerprint density at radius 1 is 0.783 bits per heavy atom. The normalized spacial score (nSPS) is 24.0. The summed E-state index contributed by atoms with van der Waals surface area (Å²) in [6.07, 6.45) is 5.56. The minimum atomic E-state index is -0.585. The second-order valence-electron chi connectivity index (χ2n) is 14.7. The van der Waals surface area contributed by atoms with E-state index >= 15 is 0 Å². The second kappa shape index (κ2) is 10.6. The van der Waals surface area contributed by atoms with E-state index in [1.165, 1.54) is 0 Å². The van der Waals surface area contributed by atoms with Crippen LogP contribution in [-0.2, 0) is 9.59 Å². The summed E-state index contributed by atoms with van der Waals surface area (Å²) < 4.78 is 0. The number of rotatable bonds is 4. The molecule has 0 fully saturated rings. The van der Waals surface area contributed by atoms with Crippen LogP contribution in [0.15, 0.2) is 106 Å². The smallest absolute Gasteiger partial charge is 0.163 e. The van der Waals surface area contributed by atoms with Gasteiger partial charge >= 0.3 is 0 Å². The number of allylic oxidation sites excluding steroid dienone is 6. The van der Waals surface area contributed by atoms with Gasteiger partial charge in [0.05, 0.1) is 11.4 Å². The molecule has 4 aliphatic rings. The number of carbonyl (C=O) groups excluding carboxylic acids is 2. The van der Waals surface area contributed by atoms with Crippen LogP contribution < -0.4 is 0 Å². The van der Waals surface area contributed by atoms with E-state index in [0.717, 1.165) is 28.0 Å². The number of aromatic nitrogens is 1. The van der Waals surface area contributed by atoms with E-state index in [1.54, 1.807) is 42.6 Å². The summed E-state index contributed by atoms with van der Waals surface area (Å²) in [7, 11) is 0. The Morgan fingerprint density at radius 3 is 2.09 bits per heavy atom. The summed E-state index contributed by atoms with van der Waals surface area (Å²) in [4.78, 5) is 37.9. The number of aromatic hydroxyl groups is 2. The van der Waals surface area contributed by atoms with Crippen LogP contribution in [-0.4, -0.2) is 37.6 Å². The standard InChI is InChI=1S/C39H38N2O5/c1-38(2)17-28-34(29(44)18-38)33(22-9-13-24(43)14-10-22)27-16-26(25-6-5-15-40-36(25)37(27)41-28)32(21-7-11-23(42)12-8-21)35-30(45)19-39(3,4)20-31(35)46/h5-16,26,32-33,42-43,45H,17-20H2,1-4H3. The van der Waals surface area contributed by atoms with E-state index in [9.17, 15) is 24.9 Å². The Labute approximate surface area is 268 Å². The van der Waals surface area contributed by atoms with Crippen molar-refractivity contribution in [2.45, 2.75) is 71.1 Å². The first-order chi connectivity index (χ1) is 21.8. The molecule has 3 aromatic rings. The van der Waals surface area contributed by atoms with E-state index in [-0.39, 0.29) is 39.7 Å². The van der Waals surface area contributed by atoms with Crippen molar-refractivity contribution in [3.63, 3.8) is 0 Å². The molecule has 3 N–H and O–H groups in total. The van der Waals surface area contributed by atoms with Gasteiger partial charge in [-0.25, -0.2) is 0 Å². The van der Waals surface area contributed by atoms with Crippen molar-refractivity contribution in [3.8, 4) is 11.5 Å². The Morgan fingerprint density at radius 2 is 1.41 bits per heavy atom. The fourth-order valence-electron chi connectivity index (χ4n) is 7.93. The largest absolute Gasteiger partial charge is 0.512 e. The molecule has 3 aliphatic carbocycles. The third-order valence-electron chi connectivity index (χ3n) is 9.84. The van der Waals surface area contributed by atoms with Crippen LogP contribution in [0.5, 0.6) is 11.5 Å². The molecule has 7 heteroatoms. The lowest BCUT2D eigenvalue weighted by Crippen LogP contribution is -2.36. The molecule has 234 valence electrons. The minimum Gasteiger partial charge on any atom is -0.512 e. The molecule has 1 aliphatic heterocycles. The van der Waals surface area contributed by atoms with Crippen molar-refractivity contribution in [2.24, 2.45) is 15.8 Å². The summed E-state index contributed by atoms with van der Waals surface area (Å²) in [6, 6.07) is 17.6. The van der Waals surface area contributed by atoms with Gasteiger partial charge in [-0.1, -0.05) is 64.1 Å². The summed E-state index contributed by atoms with van der Waals surface area (Å²) >= 11 is 0. The number of carbonyl (C=O) groups is 2. The van der Waals surface area contributed by atoms with E-state index in [1.807, 2.05) is 38.1 Å². The minimum absolute atomic E-state index is 0.0523. The first-order valence-corrected chi connectivity index (χ1v) is 15.9. The summed E-state index contributed by atoms with van der Waals surface area (Å²) in [5.41, 5.74) is 5.89. The topological polar surface area (TPSA) is 120 Å². The molecule has 3 atom stereocenters. The number of aliphatic imine (C=N–C) groups is 1. The maximum Gasteiger partial charge on any atom is 0.163 e. The average molecular weight is 615 g/mol. The van der Waals surface area contributed by atoms with Crippen LogP contribution in [0.1, 0.15) is 93.5 Å². The number of phenolic OH excluding ortho intramolecular Hbond substituents is 2. The monoisotopic (exact) mass is 614 g/mol. The second-order valence-corrected chi connectivity index (χ2v) is 14.7. The van der Waals surface area contributed by atoms with Crippen LogP contribution in [0, 0.1) is 10.8 Å². The molecule has 0 bridgehead atoms. The van der Waals surface area contributed by atoms with Crippen LogP contribution >= 0.6 is 0 Å². The number of hydrogen-bond acceptors (Lipinski definition) is 7. The number of phenols is 2. The zero-order chi connectivity index (χ0) is 32.5. The Kier molecular flexibility index (Phi) is 6.92. The molecule has 2 aromatic carbocycles. The number of nitrogens with zero attached hydrogens (tertiary/aromatic N) is 2. The van der Waals surface area contributed by atoms with Crippen molar-refractivity contribution in [1.82, 2.24) is 4.98 Å². The fraction of sp³-hybridized carbons (Fsp3) is 0.333. The molecule has 7 nitrogen and oxygen atoms in total. The van der Waals surface area contributed by atoms with Crippen molar-refractivity contribution in [3.05, 3.63) is 123 Å². The molecule has 2 heterocycles. The molecule has 3 unspecified atom stereocenters. The van der Waals surface area contributed by atoms with Crippen LogP contribution in [0.3, 0.4) is 0 Å². The van der Waals surface area contributed by atoms with E-state index in [2.05, 4.69) is 19.9 Å². The van der Waals surface area contributed by atoms with Gasteiger partial charge in [-0.15, -0.1) is 0 Å². The number of aliphatic hydroxyl groups excluding tert-OH is 1. The van der Waals surface area contributed by atoms with Gasteiger partial charge in [0.25, 0.3) is 0 Å². The predicted molar refractivity (Wildman–Crippen MR) is 176 cm³/mol. The SMILES string of the molecule is CC1(C)CC(=O)C(C(c2ccc(O)cc2)C2C=C3C(=NC4=C(C(=O)CC(C)(C)C4)C3c3ccc(O)cc3)c3ncccc32)=C(O)C1. The number of Topliss-reactive ketones (excluding diaryl/α,β-unsaturated/α-hetero) is 2. The zero-order valence-electron chi connectivity index (χ0n) is 26.5. The molecular formula is C39H38N2O5. The van der Waals surface area contributed by atoms with Gasteiger partial charge in [-0.05, 0) is 69.8 Å². The number of ketones is 2. The summed E-state index contributed by atoms with van der Waals surface area (Å²) in [5, 5.41) is 31.9. The number of pyridine rings is 1. The lowest BCUT2D eigenvalue weighted by atomic mass is 9.63. The first-order valence-electron chi connectivity index (χ1n) is 15.9. The number of fused-ring (bicyclic) bond motifs is 3. The van der Waals surface area contributed by atoms with Crippen LogP contribution in [0.2, 0.25) is 0 Å². The third-order valence-corrected chi connectivity index (χ3v) is 9.84. The van der Waals surface area contributed by atoms with Gasteiger partial charge in [0.2, 0.25) is 0 Å². The maximum absolute atomic E-state index is 13.9. The summed E-state index contributed by atoms with van der Waals surface area (Å²) in [6.45, 7) is 8.14. The molecule has 1 aromatic heterocycles. The van der Waals surface area contributed by atoms with E-state index in [0.29, 0.717) is 48.2 Å². The molecular weight excluding hydrogens is 576 g/mol. The zero-order valence-corrected chi connectivity index (χ0v) is 26.5. The van der Waals surface area contributed by atoms with Crippen molar-refractivity contribution >= 4 is 17.3 Å². The number of hydrogen-bond donors (Lipinski definition) is 3. The number of benzene rings is 2. The van der Waals surface area contributed by atoms with Gasteiger partial charge in [0.15, 0.2) is 11.6 Å². The average Bonchev–Trinajstić information content (AvgIpc) is 2.98. The first kappa shape index (κ1) is 29.9. The highest BCUT2D eigenvalue weighted by Crippen LogP contribution is 2.54. The quantitative estimate of drug-likeness (QED) is 0.277. The van der Waals surface area contributed by atoms with Gasteiger partial charge in [0, 0.05) is 60.1 Å². The van der Waals surface area contributed by atoms with Crippen molar-refractivity contribution in [1.29, 1.82) is 0 Å². The lowest BCUT2D eigenvalue weighted by molar-refractivity contribution is -0.119. The predicted octanol–water partition coefficient (Wildman–Crippen LogP) is 7.73. The van der Waals surface area contributed by atoms with Gasteiger partial charge in [-0.3, -0.25) is 19.6 Å². The third kappa shape index (κ3) is 5.08. The van der Waals surface area contributed by atoms with Gasteiger partial charge in [-0.2, -0.15) is 0 Å². The maximum atomic E-state index is 13.9. The summed E-state index contributed by atoms with van der Waals surface area (Å²) in [5.74, 6) is -1.22. The van der Waals surface area contributed by atoms with Crippen molar-refractivity contribution in [2.75, 3.05) is 0 Å². The van der Waals surface area contributed by atoms with Gasteiger partial charge < -0.3 is 15.3 Å². The molecule has 0 amide bonds. The molecule has 0 radical (unpaired) electrons. The molecule has 0 spiro atoms. The molecule has 7 rings (SSSR count). The van der Waals surface area contributed by atoms with E-state index < -0.39 is 17.8 Å². The fourth-order valence-corrected chi connectivity index (χ4v) is 7.93. The Hall–Kier alpha value is -4.78. The van der Waals surface area contributed by atoms with Gasteiger partial charge in [0.1, 0.15) is 17.3 Å². The van der Waals surface area contributed by atoms with Crippen molar-refractivity contribution < 1.29 is 24.9 Å². The highest BCUT2D eigenvalue weighted by atomic mass is 16.3. The highest BCUT2D eigenvalue weighted by molar-refractivity contribution is 6.18. The van der Waals surface area contributed by atoms with Crippen LogP contribution in [0.25, 0.3) is 0 Å². The van der Waals surface area contributed by atoms with E-state index in [4.69, 9.17) is 9.98 Å². The molecule has 46 heavy (non-hydrogen) atoms. The molecule has 0 saturated heterocycles. The number of aliphatic hydroxyl groups is 1. The van der Waals surface area contributed by atoms with Crippen LogP contribution in [0.4, 0.5) is 0 Å². The Bertz CT molecular complexity index is 1910. The molecule has 0 saturated carbocycles. The highest BCUT2D eigenvalue weighted by Gasteiger charge is 2.47. The lowest BCUT2D eigenvalue weighted by Gasteiger charge is -2.41. The Balaban J connectivity index is 1.50.